The fourth-order valence-electron chi connectivity index (χ4n) is 1.08. The molecule has 70 valence electrons. The number of rotatable bonds is 1. The van der Waals surface area contributed by atoms with Gasteiger partial charge in [-0.1, -0.05) is 15.9 Å². The standard InChI is InChI=1S/C8H6Br2N2.BrH/c9-3-7-5-12-4-6(10)1-2-8(12)11-7;/h1-2,4-5H,3H2;1H. The van der Waals surface area contributed by atoms with E-state index in [2.05, 4.69) is 36.8 Å². The van der Waals surface area contributed by atoms with Gasteiger partial charge in [0.1, 0.15) is 5.65 Å². The van der Waals surface area contributed by atoms with Gasteiger partial charge >= 0.3 is 0 Å². The third kappa shape index (κ3) is 2.33. The van der Waals surface area contributed by atoms with E-state index in [-0.39, 0.29) is 17.0 Å². The van der Waals surface area contributed by atoms with E-state index in [0.29, 0.717) is 0 Å². The summed E-state index contributed by atoms with van der Waals surface area (Å²) in [7, 11) is 0. The molecule has 2 aromatic heterocycles. The van der Waals surface area contributed by atoms with Gasteiger partial charge in [-0.15, -0.1) is 17.0 Å². The van der Waals surface area contributed by atoms with Crippen LogP contribution in [-0.4, -0.2) is 9.38 Å². The molecule has 0 unspecified atom stereocenters. The first kappa shape index (κ1) is 11.2. The molecule has 0 saturated carbocycles. The number of aromatic nitrogens is 2. The first-order valence-corrected chi connectivity index (χ1v) is 5.40. The van der Waals surface area contributed by atoms with Crippen LogP contribution in [-0.2, 0) is 5.33 Å². The monoisotopic (exact) mass is 368 g/mol. The first-order valence-electron chi connectivity index (χ1n) is 3.49. The number of alkyl halides is 1. The van der Waals surface area contributed by atoms with E-state index < -0.39 is 0 Å². The lowest BCUT2D eigenvalue weighted by atomic mass is 10.5. The molecule has 0 spiro atoms. The van der Waals surface area contributed by atoms with Gasteiger partial charge in [-0.25, -0.2) is 4.98 Å². The molecule has 0 fully saturated rings. The van der Waals surface area contributed by atoms with E-state index in [1.165, 1.54) is 0 Å². The minimum Gasteiger partial charge on any atom is -0.306 e. The zero-order valence-electron chi connectivity index (χ0n) is 6.58. The van der Waals surface area contributed by atoms with Gasteiger partial charge in [0.25, 0.3) is 0 Å². The molecular formula is C8H7Br3N2. The zero-order chi connectivity index (χ0) is 8.55. The summed E-state index contributed by atoms with van der Waals surface area (Å²) >= 11 is 6.77. The summed E-state index contributed by atoms with van der Waals surface area (Å²) in [6.45, 7) is 0. The lowest BCUT2D eigenvalue weighted by Crippen LogP contribution is -1.80. The number of hydrogen-bond acceptors (Lipinski definition) is 1. The molecule has 2 nitrogen and oxygen atoms in total. The minimum atomic E-state index is 0. The van der Waals surface area contributed by atoms with Crippen molar-refractivity contribution >= 4 is 54.5 Å². The summed E-state index contributed by atoms with van der Waals surface area (Å²) in [6, 6.07) is 3.97. The SMILES string of the molecule is Br.BrCc1cn2cc(Br)ccc2n1. The predicted octanol–water partition coefficient (Wildman–Crippen LogP) is 3.57. The van der Waals surface area contributed by atoms with Crippen LogP contribution in [0.3, 0.4) is 0 Å². The van der Waals surface area contributed by atoms with Gasteiger partial charge in [-0.3, -0.25) is 0 Å². The van der Waals surface area contributed by atoms with E-state index >= 15 is 0 Å². The van der Waals surface area contributed by atoms with Crippen molar-refractivity contribution in [1.29, 1.82) is 0 Å². The number of nitrogens with zero attached hydrogens (tertiary/aromatic N) is 2. The highest BCUT2D eigenvalue weighted by Gasteiger charge is 1.98. The predicted molar refractivity (Wildman–Crippen MR) is 65.8 cm³/mol. The molecule has 0 radical (unpaired) electrons. The third-order valence-electron chi connectivity index (χ3n) is 1.60. The molecule has 0 N–H and O–H groups in total. The maximum Gasteiger partial charge on any atom is 0.137 e. The summed E-state index contributed by atoms with van der Waals surface area (Å²) < 4.78 is 3.06. The first-order chi connectivity index (χ1) is 5.79. The van der Waals surface area contributed by atoms with Crippen LogP contribution in [0, 0.1) is 0 Å². The molecule has 0 atom stereocenters. The molecule has 5 heteroatoms. The molecule has 2 aromatic rings. The Labute approximate surface area is 103 Å². The van der Waals surface area contributed by atoms with E-state index in [1.807, 2.05) is 28.9 Å². The van der Waals surface area contributed by atoms with Crippen LogP contribution in [0.5, 0.6) is 0 Å². The van der Waals surface area contributed by atoms with Crippen LogP contribution in [0.1, 0.15) is 5.69 Å². The third-order valence-corrected chi connectivity index (χ3v) is 2.65. The fraction of sp³-hybridized carbons (Fsp3) is 0.125. The summed E-state index contributed by atoms with van der Waals surface area (Å²) in [5.41, 5.74) is 2.03. The maximum atomic E-state index is 4.37. The molecule has 13 heavy (non-hydrogen) atoms. The Morgan fingerprint density at radius 2 is 2.08 bits per heavy atom. The van der Waals surface area contributed by atoms with Crippen molar-refractivity contribution < 1.29 is 0 Å². The van der Waals surface area contributed by atoms with Crippen LogP contribution in [0.2, 0.25) is 0 Å². The molecule has 0 aliphatic rings. The van der Waals surface area contributed by atoms with E-state index in [0.717, 1.165) is 21.1 Å². The number of imidazole rings is 1. The normalized spacial score (nSPS) is 10.0. The molecule has 0 aliphatic carbocycles. The lowest BCUT2D eigenvalue weighted by molar-refractivity contribution is 1.17. The average molecular weight is 371 g/mol. The molecule has 0 saturated heterocycles. The van der Waals surface area contributed by atoms with Crippen LogP contribution >= 0.6 is 48.8 Å². The van der Waals surface area contributed by atoms with Gasteiger partial charge in [0.05, 0.1) is 5.69 Å². The van der Waals surface area contributed by atoms with Crippen LogP contribution in [0.15, 0.2) is 29.0 Å². The summed E-state index contributed by atoms with van der Waals surface area (Å²) in [6.07, 6.45) is 4.00. The van der Waals surface area contributed by atoms with Gasteiger partial charge in [-0.2, -0.15) is 0 Å². The van der Waals surface area contributed by atoms with E-state index in [1.54, 1.807) is 0 Å². The quantitative estimate of drug-likeness (QED) is 0.701. The molecule has 0 amide bonds. The Kier molecular flexibility index (Phi) is 3.94. The molecule has 0 bridgehead atoms. The van der Waals surface area contributed by atoms with Gasteiger partial charge in [0.2, 0.25) is 0 Å². The van der Waals surface area contributed by atoms with E-state index in [9.17, 15) is 0 Å². The second kappa shape index (κ2) is 4.57. The summed E-state index contributed by atoms with van der Waals surface area (Å²) in [4.78, 5) is 4.37. The highest BCUT2D eigenvalue weighted by atomic mass is 79.9. The Morgan fingerprint density at radius 3 is 2.77 bits per heavy atom. The molecule has 0 aromatic carbocycles. The smallest absolute Gasteiger partial charge is 0.137 e. The molecule has 2 rings (SSSR count). The largest absolute Gasteiger partial charge is 0.306 e. The number of fused-ring (bicyclic) bond motifs is 1. The minimum absolute atomic E-state index is 0. The molecular weight excluding hydrogens is 364 g/mol. The molecule has 0 aliphatic heterocycles. The van der Waals surface area contributed by atoms with Crippen molar-refractivity contribution in [3.63, 3.8) is 0 Å². The van der Waals surface area contributed by atoms with Crippen molar-refractivity contribution in [1.82, 2.24) is 9.38 Å². The van der Waals surface area contributed by atoms with Crippen LogP contribution in [0.4, 0.5) is 0 Å². The highest BCUT2D eigenvalue weighted by molar-refractivity contribution is 9.10. The summed E-state index contributed by atoms with van der Waals surface area (Å²) in [5, 5.41) is 0.798. The second-order valence-corrected chi connectivity index (χ2v) is 3.96. The van der Waals surface area contributed by atoms with Gasteiger partial charge in [0, 0.05) is 22.2 Å². The molecule has 2 heterocycles. The van der Waals surface area contributed by atoms with Crippen molar-refractivity contribution in [3.05, 3.63) is 34.7 Å². The maximum absolute atomic E-state index is 4.37. The average Bonchev–Trinajstić information content (AvgIpc) is 2.46. The van der Waals surface area contributed by atoms with Gasteiger partial charge in [-0.05, 0) is 28.1 Å². The van der Waals surface area contributed by atoms with E-state index in [4.69, 9.17) is 0 Å². The topological polar surface area (TPSA) is 17.3 Å². The summed E-state index contributed by atoms with van der Waals surface area (Å²) in [5.74, 6) is 0. The number of hydrogen-bond donors (Lipinski definition) is 0. The van der Waals surface area contributed by atoms with Crippen LogP contribution in [0.25, 0.3) is 5.65 Å². The second-order valence-electron chi connectivity index (χ2n) is 2.48. The van der Waals surface area contributed by atoms with Crippen molar-refractivity contribution in [2.24, 2.45) is 0 Å². The number of pyridine rings is 1. The van der Waals surface area contributed by atoms with Crippen molar-refractivity contribution in [2.75, 3.05) is 0 Å². The van der Waals surface area contributed by atoms with Crippen molar-refractivity contribution in [3.8, 4) is 0 Å². The number of halogens is 3. The fourth-order valence-corrected chi connectivity index (χ4v) is 1.70. The van der Waals surface area contributed by atoms with Crippen LogP contribution < -0.4 is 0 Å². The van der Waals surface area contributed by atoms with Gasteiger partial charge in [0.15, 0.2) is 0 Å². The van der Waals surface area contributed by atoms with Gasteiger partial charge < -0.3 is 4.40 Å². The Hall–Kier alpha value is 0.130. The Morgan fingerprint density at radius 1 is 1.31 bits per heavy atom. The highest BCUT2D eigenvalue weighted by Crippen LogP contribution is 2.13. The lowest BCUT2D eigenvalue weighted by Gasteiger charge is -1.91. The Balaban J connectivity index is 0.000000845. The van der Waals surface area contributed by atoms with Crippen molar-refractivity contribution in [2.45, 2.75) is 5.33 Å². The zero-order valence-corrected chi connectivity index (χ0v) is 11.5. The Bertz CT molecular complexity index is 411.